The number of rotatable bonds is 10. The first kappa shape index (κ1) is 21.4. The fraction of sp³-hybridized carbons (Fsp3) is 0.350. The molecule has 2 aromatic carbocycles. The first-order valence-corrected chi connectivity index (χ1v) is 8.54. The van der Waals surface area contributed by atoms with Gasteiger partial charge in [0.2, 0.25) is 0 Å². The van der Waals surface area contributed by atoms with Crippen molar-refractivity contribution >= 4 is 29.9 Å². The molecule has 0 radical (unpaired) electrons. The molecule has 0 unspecified atom stereocenters. The van der Waals surface area contributed by atoms with E-state index in [1.54, 1.807) is 0 Å². The lowest BCUT2D eigenvalue weighted by Gasteiger charge is -2.06. The molecule has 3 N–H and O–H groups in total. The summed E-state index contributed by atoms with van der Waals surface area (Å²) in [4.78, 5) is 4.34. The Morgan fingerprint density at radius 2 is 1.56 bits per heavy atom. The quantitative estimate of drug-likeness (QED) is 0.249. The monoisotopic (exact) mass is 453 g/mol. The van der Waals surface area contributed by atoms with Crippen molar-refractivity contribution in [1.29, 1.82) is 0 Å². The summed E-state index contributed by atoms with van der Waals surface area (Å²) in [5, 5.41) is 3.15. The number of nitrogens with two attached hydrogens (primary N) is 1. The number of nitrogens with zero attached hydrogens (tertiary/aromatic N) is 1. The summed E-state index contributed by atoms with van der Waals surface area (Å²) in [7, 11) is 0. The van der Waals surface area contributed by atoms with Gasteiger partial charge >= 0.3 is 0 Å². The molecule has 0 saturated heterocycles. The molecule has 0 heterocycles. The summed E-state index contributed by atoms with van der Waals surface area (Å²) in [6.45, 7) is 2.97. The molecule has 0 aliphatic carbocycles. The lowest BCUT2D eigenvalue weighted by molar-refractivity contribution is 0.117. The molecule has 25 heavy (non-hydrogen) atoms. The molecule has 0 aromatic heterocycles. The van der Waals surface area contributed by atoms with Crippen LogP contribution in [0.5, 0.6) is 0 Å². The maximum atomic E-state index is 5.86. The van der Waals surface area contributed by atoms with E-state index in [0.29, 0.717) is 12.6 Å². The zero-order valence-corrected chi connectivity index (χ0v) is 16.9. The number of nitrogens with one attached hydrogen (secondary N) is 1. The molecular weight excluding hydrogens is 425 g/mol. The third kappa shape index (κ3) is 10.1. The van der Waals surface area contributed by atoms with Crippen LogP contribution in [0.15, 0.2) is 65.7 Å². The van der Waals surface area contributed by atoms with E-state index in [-0.39, 0.29) is 24.0 Å². The van der Waals surface area contributed by atoms with Crippen LogP contribution >= 0.6 is 24.0 Å². The third-order valence-electron chi connectivity index (χ3n) is 3.65. The Balaban J connectivity index is 0.00000312. The summed E-state index contributed by atoms with van der Waals surface area (Å²) in [6.07, 6.45) is 2.92. The van der Waals surface area contributed by atoms with Crippen molar-refractivity contribution in [3.05, 3.63) is 71.8 Å². The topological polar surface area (TPSA) is 59.6 Å². The van der Waals surface area contributed by atoms with Gasteiger partial charge in [0.05, 0.1) is 6.61 Å². The Morgan fingerprint density at radius 1 is 0.920 bits per heavy atom. The van der Waals surface area contributed by atoms with Crippen molar-refractivity contribution < 1.29 is 4.74 Å². The third-order valence-corrected chi connectivity index (χ3v) is 3.65. The molecule has 0 bridgehead atoms. The van der Waals surface area contributed by atoms with E-state index >= 15 is 0 Å². The van der Waals surface area contributed by atoms with Gasteiger partial charge in [0.15, 0.2) is 5.96 Å². The zero-order chi connectivity index (χ0) is 16.9. The molecule has 0 fully saturated rings. The Kier molecular flexibility index (Phi) is 11.7. The highest BCUT2D eigenvalue weighted by molar-refractivity contribution is 14.0. The summed E-state index contributed by atoms with van der Waals surface area (Å²) < 4.78 is 5.65. The van der Waals surface area contributed by atoms with Gasteiger partial charge < -0.3 is 15.8 Å². The van der Waals surface area contributed by atoms with Crippen LogP contribution in [-0.4, -0.2) is 25.7 Å². The minimum atomic E-state index is 0. The number of hydrogen-bond acceptors (Lipinski definition) is 2. The molecule has 5 heteroatoms. The Morgan fingerprint density at radius 3 is 2.24 bits per heavy atom. The van der Waals surface area contributed by atoms with Gasteiger partial charge in [-0.3, -0.25) is 4.99 Å². The van der Waals surface area contributed by atoms with Gasteiger partial charge in [-0.1, -0.05) is 60.7 Å². The van der Waals surface area contributed by atoms with Crippen molar-refractivity contribution in [2.45, 2.75) is 25.9 Å². The van der Waals surface area contributed by atoms with E-state index in [1.165, 1.54) is 11.1 Å². The van der Waals surface area contributed by atoms with Crippen molar-refractivity contribution in [1.82, 2.24) is 5.32 Å². The second-order valence-electron chi connectivity index (χ2n) is 5.67. The predicted octanol–water partition coefficient (Wildman–Crippen LogP) is 3.75. The minimum absolute atomic E-state index is 0. The average molecular weight is 453 g/mol. The van der Waals surface area contributed by atoms with Crippen LogP contribution in [0.25, 0.3) is 0 Å². The van der Waals surface area contributed by atoms with Crippen molar-refractivity contribution in [2.75, 3.05) is 19.7 Å². The van der Waals surface area contributed by atoms with Crippen molar-refractivity contribution in [3.8, 4) is 0 Å². The van der Waals surface area contributed by atoms with E-state index in [2.05, 4.69) is 34.6 Å². The Bertz CT molecular complexity index is 590. The zero-order valence-electron chi connectivity index (χ0n) is 14.6. The van der Waals surface area contributed by atoms with Crippen molar-refractivity contribution in [3.63, 3.8) is 0 Å². The SMILES string of the molecule is I.NC(=NCCCCOCc1ccccc1)NCCc1ccccc1. The second kappa shape index (κ2) is 13.7. The average Bonchev–Trinajstić information content (AvgIpc) is 2.63. The van der Waals surface area contributed by atoms with Crippen LogP contribution in [0.3, 0.4) is 0 Å². The van der Waals surface area contributed by atoms with Crippen LogP contribution in [-0.2, 0) is 17.8 Å². The van der Waals surface area contributed by atoms with Gasteiger partial charge in [0, 0.05) is 19.7 Å². The molecule has 0 aliphatic rings. The van der Waals surface area contributed by atoms with Gasteiger partial charge in [0.1, 0.15) is 0 Å². The fourth-order valence-corrected chi connectivity index (χ4v) is 2.32. The number of benzene rings is 2. The maximum absolute atomic E-state index is 5.86. The molecule has 0 spiro atoms. The molecular formula is C20H28IN3O. The number of aliphatic imine (C=N–C) groups is 1. The highest BCUT2D eigenvalue weighted by Crippen LogP contribution is 2.01. The van der Waals surface area contributed by atoms with E-state index in [4.69, 9.17) is 10.5 Å². The number of halogens is 1. The van der Waals surface area contributed by atoms with Gasteiger partial charge in [-0.2, -0.15) is 0 Å². The molecule has 2 rings (SSSR count). The van der Waals surface area contributed by atoms with Gasteiger partial charge in [0.25, 0.3) is 0 Å². The van der Waals surface area contributed by atoms with Crippen LogP contribution in [0.2, 0.25) is 0 Å². The van der Waals surface area contributed by atoms with Crippen LogP contribution in [0.1, 0.15) is 24.0 Å². The first-order valence-electron chi connectivity index (χ1n) is 8.54. The number of unbranched alkanes of at least 4 members (excludes halogenated alkanes) is 1. The molecule has 0 amide bonds. The minimum Gasteiger partial charge on any atom is -0.377 e. The van der Waals surface area contributed by atoms with Crippen LogP contribution in [0.4, 0.5) is 0 Å². The lowest BCUT2D eigenvalue weighted by atomic mass is 10.1. The maximum Gasteiger partial charge on any atom is 0.188 e. The van der Waals surface area contributed by atoms with Gasteiger partial charge in [-0.25, -0.2) is 0 Å². The van der Waals surface area contributed by atoms with Crippen LogP contribution in [0, 0.1) is 0 Å². The van der Waals surface area contributed by atoms with Gasteiger partial charge in [-0.15, -0.1) is 24.0 Å². The Labute approximate surface area is 167 Å². The molecule has 0 atom stereocenters. The molecule has 0 aliphatic heterocycles. The van der Waals surface area contributed by atoms with E-state index < -0.39 is 0 Å². The normalized spacial score (nSPS) is 11.0. The predicted molar refractivity (Wildman–Crippen MR) is 115 cm³/mol. The van der Waals surface area contributed by atoms with E-state index in [1.807, 2.05) is 36.4 Å². The first-order chi connectivity index (χ1) is 11.8. The largest absolute Gasteiger partial charge is 0.377 e. The number of guanidine groups is 1. The van der Waals surface area contributed by atoms with Crippen LogP contribution < -0.4 is 11.1 Å². The summed E-state index contributed by atoms with van der Waals surface area (Å²) in [5.74, 6) is 0.524. The van der Waals surface area contributed by atoms with E-state index in [9.17, 15) is 0 Å². The lowest BCUT2D eigenvalue weighted by Crippen LogP contribution is -2.33. The number of hydrogen-bond donors (Lipinski definition) is 2. The Hall–Kier alpha value is -1.60. The summed E-state index contributed by atoms with van der Waals surface area (Å²) in [5.41, 5.74) is 8.37. The highest BCUT2D eigenvalue weighted by Gasteiger charge is 1.95. The van der Waals surface area contributed by atoms with Crippen molar-refractivity contribution in [2.24, 2.45) is 10.7 Å². The fourth-order valence-electron chi connectivity index (χ4n) is 2.32. The number of ether oxygens (including phenoxy) is 1. The summed E-state index contributed by atoms with van der Waals surface area (Å²) in [6, 6.07) is 20.6. The molecule has 136 valence electrons. The summed E-state index contributed by atoms with van der Waals surface area (Å²) >= 11 is 0. The standard InChI is InChI=1S/C20H27N3O.HI/c21-20(23-15-13-18-9-3-1-4-10-18)22-14-7-8-16-24-17-19-11-5-2-6-12-19;/h1-6,9-12H,7-8,13-17H2,(H3,21,22,23);1H. The smallest absolute Gasteiger partial charge is 0.188 e. The molecule has 2 aromatic rings. The highest BCUT2D eigenvalue weighted by atomic mass is 127. The van der Waals surface area contributed by atoms with E-state index in [0.717, 1.165) is 39.0 Å². The molecule has 0 saturated carbocycles. The van der Waals surface area contributed by atoms with Gasteiger partial charge in [-0.05, 0) is 30.4 Å². The molecule has 4 nitrogen and oxygen atoms in total. The second-order valence-corrected chi connectivity index (χ2v) is 5.67.